The number of thiophene rings is 1. The molecule has 1 atom stereocenters. The van der Waals surface area contributed by atoms with Gasteiger partial charge in [0.15, 0.2) is 0 Å². The van der Waals surface area contributed by atoms with Crippen LogP contribution >= 0.6 is 11.3 Å². The maximum Gasteiger partial charge on any atom is 0.325 e. The van der Waals surface area contributed by atoms with E-state index in [1.54, 1.807) is 0 Å². The summed E-state index contributed by atoms with van der Waals surface area (Å²) in [6.45, 7) is 2.26. The van der Waals surface area contributed by atoms with Crippen LogP contribution in [0.2, 0.25) is 0 Å². The van der Waals surface area contributed by atoms with Gasteiger partial charge >= 0.3 is 6.03 Å². The highest BCUT2D eigenvalue weighted by Crippen LogP contribution is 2.21. The average molecular weight is 306 g/mol. The lowest BCUT2D eigenvalue weighted by Crippen LogP contribution is -2.30. The zero-order valence-electron chi connectivity index (χ0n) is 11.9. The molecule has 1 saturated heterocycles. The lowest BCUT2D eigenvalue weighted by molar-refractivity contribution is -0.127. The standard InChI is InChI=1S/C15H18N2O3S/c1-2-5-12-14(19)17(15(20)16-12)10-13-11(7-9-21-13)6-3-4-8-18/h7,9,12,18H,2,4-5,8,10H2,1H3,(H,16,20). The van der Waals surface area contributed by atoms with Gasteiger partial charge in [0.25, 0.3) is 5.91 Å². The van der Waals surface area contributed by atoms with Crippen LogP contribution in [0.5, 0.6) is 0 Å². The van der Waals surface area contributed by atoms with E-state index in [9.17, 15) is 9.59 Å². The van der Waals surface area contributed by atoms with Gasteiger partial charge in [-0.1, -0.05) is 25.2 Å². The summed E-state index contributed by atoms with van der Waals surface area (Å²) in [5.41, 5.74) is 0.813. The Balaban J connectivity index is 2.09. The van der Waals surface area contributed by atoms with Crippen molar-refractivity contribution >= 4 is 23.3 Å². The Bertz CT molecular complexity index is 585. The monoisotopic (exact) mass is 306 g/mol. The lowest BCUT2D eigenvalue weighted by atomic mass is 10.1. The molecule has 0 saturated carbocycles. The van der Waals surface area contributed by atoms with Crippen molar-refractivity contribution < 1.29 is 14.7 Å². The fraction of sp³-hybridized carbons (Fsp3) is 0.467. The molecule has 3 amide bonds. The quantitative estimate of drug-likeness (QED) is 0.642. The summed E-state index contributed by atoms with van der Waals surface area (Å²) in [5, 5.41) is 13.3. The molecule has 0 aliphatic carbocycles. The largest absolute Gasteiger partial charge is 0.395 e. The van der Waals surface area contributed by atoms with E-state index in [4.69, 9.17) is 5.11 Å². The van der Waals surface area contributed by atoms with Crippen molar-refractivity contribution in [3.8, 4) is 11.8 Å². The van der Waals surface area contributed by atoms with Crippen LogP contribution in [0.3, 0.4) is 0 Å². The van der Waals surface area contributed by atoms with E-state index < -0.39 is 6.04 Å². The van der Waals surface area contributed by atoms with Crippen molar-refractivity contribution in [1.82, 2.24) is 10.2 Å². The van der Waals surface area contributed by atoms with Gasteiger partial charge in [-0.3, -0.25) is 9.69 Å². The zero-order valence-corrected chi connectivity index (χ0v) is 12.7. The molecule has 1 aliphatic rings. The Kier molecular flexibility index (Phi) is 5.37. The SMILES string of the molecule is CCCC1NC(=O)N(Cc2sccc2C#CCCO)C1=O. The summed E-state index contributed by atoms with van der Waals surface area (Å²) in [5.74, 6) is 5.66. The zero-order chi connectivity index (χ0) is 15.2. The Labute approximate surface area is 128 Å². The maximum atomic E-state index is 12.2. The van der Waals surface area contributed by atoms with Gasteiger partial charge in [0.2, 0.25) is 0 Å². The predicted octanol–water partition coefficient (Wildman–Crippen LogP) is 1.70. The van der Waals surface area contributed by atoms with E-state index in [1.165, 1.54) is 16.2 Å². The Morgan fingerprint density at radius 3 is 3.00 bits per heavy atom. The average Bonchev–Trinajstić information content (AvgIpc) is 3.00. The second-order valence-corrected chi connectivity index (χ2v) is 5.75. The molecule has 1 fully saturated rings. The summed E-state index contributed by atoms with van der Waals surface area (Å²) in [7, 11) is 0. The highest BCUT2D eigenvalue weighted by Gasteiger charge is 2.37. The normalized spacial score (nSPS) is 17.6. The van der Waals surface area contributed by atoms with Crippen LogP contribution in [0, 0.1) is 11.8 Å². The highest BCUT2D eigenvalue weighted by atomic mass is 32.1. The molecule has 0 radical (unpaired) electrons. The first-order chi connectivity index (χ1) is 10.2. The minimum atomic E-state index is -0.397. The van der Waals surface area contributed by atoms with Crippen LogP contribution < -0.4 is 5.32 Å². The molecule has 0 aromatic carbocycles. The molecule has 1 aromatic rings. The molecule has 0 spiro atoms. The molecule has 2 rings (SSSR count). The summed E-state index contributed by atoms with van der Waals surface area (Å²) in [6.07, 6.45) is 1.92. The van der Waals surface area contributed by atoms with Crippen molar-refractivity contribution in [1.29, 1.82) is 0 Å². The van der Waals surface area contributed by atoms with Crippen LogP contribution in [-0.4, -0.2) is 34.6 Å². The van der Waals surface area contributed by atoms with Gasteiger partial charge in [0.05, 0.1) is 13.2 Å². The van der Waals surface area contributed by atoms with Crippen LogP contribution in [0.15, 0.2) is 11.4 Å². The smallest absolute Gasteiger partial charge is 0.325 e. The van der Waals surface area contributed by atoms with Crippen LogP contribution in [-0.2, 0) is 11.3 Å². The number of imide groups is 1. The fourth-order valence-electron chi connectivity index (χ4n) is 2.14. The molecule has 6 heteroatoms. The number of rotatable bonds is 5. The number of hydrogen-bond acceptors (Lipinski definition) is 4. The third-order valence-corrected chi connectivity index (χ3v) is 4.10. The maximum absolute atomic E-state index is 12.2. The van der Waals surface area contributed by atoms with Gasteiger partial charge in [-0.25, -0.2) is 4.79 Å². The number of nitrogens with one attached hydrogen (secondary N) is 1. The van der Waals surface area contributed by atoms with E-state index in [0.29, 0.717) is 12.8 Å². The molecular weight excluding hydrogens is 288 g/mol. The Morgan fingerprint density at radius 1 is 1.48 bits per heavy atom. The molecule has 0 bridgehead atoms. The first-order valence-corrected chi connectivity index (χ1v) is 7.83. The second kappa shape index (κ2) is 7.25. The molecule has 2 heterocycles. The Morgan fingerprint density at radius 2 is 2.29 bits per heavy atom. The van der Waals surface area contributed by atoms with Crippen LogP contribution in [0.1, 0.15) is 36.6 Å². The number of aliphatic hydroxyl groups is 1. The lowest BCUT2D eigenvalue weighted by Gasteiger charge is -2.12. The summed E-state index contributed by atoms with van der Waals surface area (Å²) >= 11 is 1.47. The van der Waals surface area contributed by atoms with Gasteiger partial charge in [0, 0.05) is 16.9 Å². The second-order valence-electron chi connectivity index (χ2n) is 4.75. The van der Waals surface area contributed by atoms with Crippen LogP contribution in [0.25, 0.3) is 0 Å². The molecule has 1 aromatic heterocycles. The van der Waals surface area contributed by atoms with E-state index in [2.05, 4.69) is 17.2 Å². The summed E-state index contributed by atoms with van der Waals surface area (Å²) in [6, 6.07) is 1.14. The fourth-order valence-corrected chi connectivity index (χ4v) is 2.96. The van der Waals surface area contributed by atoms with Crippen molar-refractivity contribution in [2.75, 3.05) is 6.61 Å². The van der Waals surface area contributed by atoms with Gasteiger partial charge in [-0.2, -0.15) is 0 Å². The van der Waals surface area contributed by atoms with E-state index >= 15 is 0 Å². The number of carbonyl (C=O) groups excluding carboxylic acids is 2. The highest BCUT2D eigenvalue weighted by molar-refractivity contribution is 7.10. The minimum absolute atomic E-state index is 0.0260. The van der Waals surface area contributed by atoms with E-state index in [0.717, 1.165) is 16.9 Å². The van der Waals surface area contributed by atoms with Gasteiger partial charge < -0.3 is 10.4 Å². The summed E-state index contributed by atoms with van der Waals surface area (Å²) < 4.78 is 0. The number of hydrogen-bond donors (Lipinski definition) is 2. The number of aliphatic hydroxyl groups excluding tert-OH is 1. The molecule has 1 aliphatic heterocycles. The number of urea groups is 1. The first kappa shape index (κ1) is 15.5. The Hall–Kier alpha value is -1.84. The number of carbonyl (C=O) groups is 2. The van der Waals surface area contributed by atoms with E-state index in [-0.39, 0.29) is 25.1 Å². The molecular formula is C15H18N2O3S. The molecule has 5 nitrogen and oxygen atoms in total. The van der Waals surface area contributed by atoms with Gasteiger partial charge in [-0.05, 0) is 17.9 Å². The van der Waals surface area contributed by atoms with Crippen molar-refractivity contribution in [2.45, 2.75) is 38.8 Å². The van der Waals surface area contributed by atoms with E-state index in [1.807, 2.05) is 18.4 Å². The van der Waals surface area contributed by atoms with Crippen molar-refractivity contribution in [2.24, 2.45) is 0 Å². The third-order valence-electron chi connectivity index (χ3n) is 3.19. The predicted molar refractivity (Wildman–Crippen MR) is 80.7 cm³/mol. The molecule has 1 unspecified atom stereocenters. The first-order valence-electron chi connectivity index (χ1n) is 6.95. The van der Waals surface area contributed by atoms with Gasteiger partial charge in [-0.15, -0.1) is 11.3 Å². The number of nitrogens with zero attached hydrogens (tertiary/aromatic N) is 1. The number of amides is 3. The van der Waals surface area contributed by atoms with Crippen LogP contribution in [0.4, 0.5) is 4.79 Å². The minimum Gasteiger partial charge on any atom is -0.395 e. The van der Waals surface area contributed by atoms with Crippen molar-refractivity contribution in [3.05, 3.63) is 21.9 Å². The van der Waals surface area contributed by atoms with Gasteiger partial charge in [0.1, 0.15) is 6.04 Å². The topological polar surface area (TPSA) is 69.6 Å². The molecule has 2 N–H and O–H groups in total. The van der Waals surface area contributed by atoms with Crippen molar-refractivity contribution in [3.63, 3.8) is 0 Å². The summed E-state index contributed by atoms with van der Waals surface area (Å²) in [4.78, 5) is 26.2. The molecule has 112 valence electrons. The molecule has 21 heavy (non-hydrogen) atoms. The third kappa shape index (κ3) is 3.63.